The zero-order valence-electron chi connectivity index (χ0n) is 12.3. The summed E-state index contributed by atoms with van der Waals surface area (Å²) in [6.07, 6.45) is 1.32. The number of nitrogens with zero attached hydrogens (tertiary/aromatic N) is 2. The number of amides is 1. The van der Waals surface area contributed by atoms with Gasteiger partial charge in [0.1, 0.15) is 17.8 Å². The van der Waals surface area contributed by atoms with Crippen molar-refractivity contribution in [2.24, 2.45) is 0 Å². The summed E-state index contributed by atoms with van der Waals surface area (Å²) in [5, 5.41) is 7.03. The number of aromatic nitrogens is 2. The standard InChI is InChI=1S/C17H12Cl2N4O/c18-11-4-6-13(7-5-11)23-17(24)15-9-16(21-10-20-15)22-14-3-1-2-12(19)8-14/h1-10H,(H,23,24)(H,20,21,22). The summed E-state index contributed by atoms with van der Waals surface area (Å²) in [5.41, 5.74) is 1.64. The molecule has 1 heterocycles. The summed E-state index contributed by atoms with van der Waals surface area (Å²) in [6.45, 7) is 0. The van der Waals surface area contributed by atoms with E-state index in [2.05, 4.69) is 20.6 Å². The quantitative estimate of drug-likeness (QED) is 0.704. The minimum atomic E-state index is -0.339. The second-order valence-electron chi connectivity index (χ2n) is 4.88. The van der Waals surface area contributed by atoms with E-state index in [0.29, 0.717) is 21.6 Å². The molecule has 3 rings (SSSR count). The van der Waals surface area contributed by atoms with Crippen molar-refractivity contribution in [3.63, 3.8) is 0 Å². The van der Waals surface area contributed by atoms with Gasteiger partial charge in [-0.25, -0.2) is 9.97 Å². The van der Waals surface area contributed by atoms with Crippen molar-refractivity contribution in [2.75, 3.05) is 10.6 Å². The van der Waals surface area contributed by atoms with Crippen molar-refractivity contribution in [3.05, 3.63) is 76.7 Å². The number of hydrogen-bond donors (Lipinski definition) is 2. The highest BCUT2D eigenvalue weighted by Crippen LogP contribution is 2.19. The lowest BCUT2D eigenvalue weighted by molar-refractivity contribution is 0.102. The monoisotopic (exact) mass is 358 g/mol. The second kappa shape index (κ2) is 7.29. The van der Waals surface area contributed by atoms with Gasteiger partial charge >= 0.3 is 0 Å². The number of rotatable bonds is 4. The lowest BCUT2D eigenvalue weighted by Gasteiger charge is -2.08. The van der Waals surface area contributed by atoms with E-state index < -0.39 is 0 Å². The molecule has 2 aromatic carbocycles. The molecule has 0 radical (unpaired) electrons. The summed E-state index contributed by atoms with van der Waals surface area (Å²) in [7, 11) is 0. The molecule has 0 saturated heterocycles. The Morgan fingerprint density at radius 3 is 2.42 bits per heavy atom. The van der Waals surface area contributed by atoms with Crippen molar-refractivity contribution in [2.45, 2.75) is 0 Å². The molecule has 0 bridgehead atoms. The van der Waals surface area contributed by atoms with E-state index in [-0.39, 0.29) is 11.6 Å². The summed E-state index contributed by atoms with van der Waals surface area (Å²) in [6, 6.07) is 15.6. The number of nitrogens with one attached hydrogen (secondary N) is 2. The molecule has 0 unspecified atom stereocenters. The molecule has 5 nitrogen and oxygen atoms in total. The largest absolute Gasteiger partial charge is 0.340 e. The first-order chi connectivity index (χ1) is 11.6. The summed E-state index contributed by atoms with van der Waals surface area (Å²) >= 11 is 11.8. The molecular formula is C17H12Cl2N4O. The van der Waals surface area contributed by atoms with Crippen LogP contribution in [0.5, 0.6) is 0 Å². The zero-order chi connectivity index (χ0) is 16.9. The van der Waals surface area contributed by atoms with Gasteiger partial charge in [0.25, 0.3) is 5.91 Å². The minimum Gasteiger partial charge on any atom is -0.340 e. The average molecular weight is 359 g/mol. The second-order valence-corrected chi connectivity index (χ2v) is 5.76. The zero-order valence-corrected chi connectivity index (χ0v) is 13.8. The van der Waals surface area contributed by atoms with Crippen LogP contribution in [0.1, 0.15) is 10.5 Å². The number of carbonyl (C=O) groups excluding carboxylic acids is 1. The lowest BCUT2D eigenvalue weighted by atomic mass is 10.3. The van der Waals surface area contributed by atoms with Crippen molar-refractivity contribution in [3.8, 4) is 0 Å². The van der Waals surface area contributed by atoms with Gasteiger partial charge in [0, 0.05) is 27.5 Å². The topological polar surface area (TPSA) is 66.9 Å². The third-order valence-electron chi connectivity index (χ3n) is 3.10. The molecule has 0 atom stereocenters. The highest BCUT2D eigenvalue weighted by Gasteiger charge is 2.09. The Balaban J connectivity index is 1.74. The SMILES string of the molecule is O=C(Nc1ccc(Cl)cc1)c1cc(Nc2cccc(Cl)c2)ncn1. The molecule has 2 N–H and O–H groups in total. The fourth-order valence-electron chi connectivity index (χ4n) is 1.99. The first-order valence-corrected chi connectivity index (χ1v) is 7.77. The Kier molecular flexibility index (Phi) is 4.93. The van der Waals surface area contributed by atoms with Gasteiger partial charge in [0.05, 0.1) is 0 Å². The van der Waals surface area contributed by atoms with Crippen LogP contribution >= 0.6 is 23.2 Å². The van der Waals surface area contributed by atoms with Crippen molar-refractivity contribution in [1.82, 2.24) is 9.97 Å². The van der Waals surface area contributed by atoms with E-state index in [1.165, 1.54) is 6.33 Å². The third kappa shape index (κ3) is 4.22. The maximum absolute atomic E-state index is 12.3. The van der Waals surface area contributed by atoms with Gasteiger partial charge < -0.3 is 10.6 Å². The van der Waals surface area contributed by atoms with Crippen LogP contribution in [0.15, 0.2) is 60.9 Å². The van der Waals surface area contributed by atoms with Crippen molar-refractivity contribution < 1.29 is 4.79 Å². The molecule has 0 aliphatic carbocycles. The maximum Gasteiger partial charge on any atom is 0.274 e. The number of hydrogen-bond acceptors (Lipinski definition) is 4. The van der Waals surface area contributed by atoms with Crippen LogP contribution in [0.4, 0.5) is 17.2 Å². The number of halogens is 2. The Morgan fingerprint density at radius 2 is 1.67 bits per heavy atom. The Morgan fingerprint density at radius 1 is 0.875 bits per heavy atom. The molecule has 0 aliphatic rings. The molecule has 7 heteroatoms. The smallest absolute Gasteiger partial charge is 0.274 e. The molecular weight excluding hydrogens is 347 g/mol. The van der Waals surface area contributed by atoms with Gasteiger partial charge in [0.2, 0.25) is 0 Å². The Bertz CT molecular complexity index is 868. The molecule has 0 spiro atoms. The van der Waals surface area contributed by atoms with Crippen LogP contribution in [0.3, 0.4) is 0 Å². The van der Waals surface area contributed by atoms with Crippen LogP contribution in [0.2, 0.25) is 10.0 Å². The molecule has 0 saturated carbocycles. The van der Waals surface area contributed by atoms with Gasteiger partial charge in [-0.05, 0) is 42.5 Å². The van der Waals surface area contributed by atoms with Crippen LogP contribution in [-0.2, 0) is 0 Å². The maximum atomic E-state index is 12.3. The molecule has 3 aromatic rings. The molecule has 120 valence electrons. The first-order valence-electron chi connectivity index (χ1n) is 7.02. The van der Waals surface area contributed by atoms with Gasteiger partial charge in [-0.3, -0.25) is 4.79 Å². The molecule has 1 aromatic heterocycles. The molecule has 1 amide bonds. The van der Waals surface area contributed by atoms with Gasteiger partial charge in [0.15, 0.2) is 0 Å². The summed E-state index contributed by atoms with van der Waals surface area (Å²) in [5.74, 6) is 0.155. The summed E-state index contributed by atoms with van der Waals surface area (Å²) in [4.78, 5) is 20.4. The van der Waals surface area contributed by atoms with E-state index in [4.69, 9.17) is 23.2 Å². The van der Waals surface area contributed by atoms with E-state index >= 15 is 0 Å². The molecule has 0 fully saturated rings. The van der Waals surface area contributed by atoms with Gasteiger partial charge in [-0.15, -0.1) is 0 Å². The molecule has 0 aliphatic heterocycles. The Labute approximate surface area is 148 Å². The van der Waals surface area contributed by atoms with Crippen molar-refractivity contribution >= 4 is 46.3 Å². The average Bonchev–Trinajstić information content (AvgIpc) is 2.57. The van der Waals surface area contributed by atoms with Crippen LogP contribution < -0.4 is 10.6 Å². The predicted octanol–water partition coefficient (Wildman–Crippen LogP) is 4.78. The highest BCUT2D eigenvalue weighted by atomic mass is 35.5. The van der Waals surface area contributed by atoms with Crippen LogP contribution in [0, 0.1) is 0 Å². The van der Waals surface area contributed by atoms with E-state index in [1.807, 2.05) is 12.1 Å². The van der Waals surface area contributed by atoms with E-state index in [0.717, 1.165) is 5.69 Å². The number of carbonyl (C=O) groups is 1. The van der Waals surface area contributed by atoms with E-state index in [9.17, 15) is 4.79 Å². The number of anilines is 3. The lowest BCUT2D eigenvalue weighted by Crippen LogP contribution is -2.14. The fourth-order valence-corrected chi connectivity index (χ4v) is 2.31. The van der Waals surface area contributed by atoms with Gasteiger partial charge in [-0.1, -0.05) is 29.3 Å². The van der Waals surface area contributed by atoms with E-state index in [1.54, 1.807) is 42.5 Å². The van der Waals surface area contributed by atoms with Gasteiger partial charge in [-0.2, -0.15) is 0 Å². The fraction of sp³-hybridized carbons (Fsp3) is 0. The van der Waals surface area contributed by atoms with Crippen molar-refractivity contribution in [1.29, 1.82) is 0 Å². The minimum absolute atomic E-state index is 0.240. The molecule has 24 heavy (non-hydrogen) atoms. The summed E-state index contributed by atoms with van der Waals surface area (Å²) < 4.78 is 0. The highest BCUT2D eigenvalue weighted by molar-refractivity contribution is 6.31. The predicted molar refractivity (Wildman–Crippen MR) is 96.2 cm³/mol. The normalized spacial score (nSPS) is 10.2. The van der Waals surface area contributed by atoms with Crippen LogP contribution in [0.25, 0.3) is 0 Å². The van der Waals surface area contributed by atoms with Crippen LogP contribution in [-0.4, -0.2) is 15.9 Å². The Hall–Kier alpha value is -2.63. The third-order valence-corrected chi connectivity index (χ3v) is 3.59. The number of benzene rings is 2. The first kappa shape index (κ1) is 16.2.